The molecule has 2 rings (SSSR count). The maximum atomic E-state index is 11.4. The molecule has 2 aromatic rings. The molecule has 0 fully saturated rings. The molecule has 18 heavy (non-hydrogen) atoms. The molecule has 0 unspecified atom stereocenters. The van der Waals surface area contributed by atoms with Crippen molar-refractivity contribution in [1.82, 2.24) is 14.5 Å². The van der Waals surface area contributed by atoms with Crippen LogP contribution in [0.25, 0.3) is 5.82 Å². The minimum Gasteiger partial charge on any atom is -0.478 e. The average Bonchev–Trinajstić information content (AvgIpc) is 2.74. The Bertz CT molecular complexity index is 602. The number of rotatable bonds is 3. The summed E-state index contributed by atoms with van der Waals surface area (Å²) in [5.41, 5.74) is 1.73. The van der Waals surface area contributed by atoms with Crippen LogP contribution in [-0.4, -0.2) is 25.6 Å². The fourth-order valence-corrected chi connectivity index (χ4v) is 2.04. The number of pyridine rings is 1. The number of aromatic carboxylic acids is 1. The first-order chi connectivity index (χ1) is 8.54. The number of carboxylic acids is 1. The molecule has 0 aliphatic heterocycles. The van der Waals surface area contributed by atoms with Crippen LogP contribution in [0.5, 0.6) is 0 Å². The fourth-order valence-electron chi connectivity index (χ4n) is 2.04. The van der Waals surface area contributed by atoms with E-state index in [1.54, 1.807) is 30.0 Å². The van der Waals surface area contributed by atoms with Crippen LogP contribution >= 0.6 is 0 Å². The fraction of sp³-hybridized carbons (Fsp3) is 0.308. The van der Waals surface area contributed by atoms with Crippen molar-refractivity contribution >= 4 is 5.97 Å². The number of imidazole rings is 1. The molecule has 0 atom stereocenters. The van der Waals surface area contributed by atoms with Crippen molar-refractivity contribution in [3.63, 3.8) is 0 Å². The Morgan fingerprint density at radius 1 is 1.44 bits per heavy atom. The molecule has 94 valence electrons. The Hall–Kier alpha value is -2.17. The van der Waals surface area contributed by atoms with Crippen LogP contribution in [0.2, 0.25) is 0 Å². The first-order valence-electron chi connectivity index (χ1n) is 5.78. The number of carbonyl (C=O) groups is 1. The largest absolute Gasteiger partial charge is 0.478 e. The van der Waals surface area contributed by atoms with E-state index in [1.165, 1.54) is 0 Å². The molecule has 0 radical (unpaired) electrons. The molecule has 0 aromatic carbocycles. The summed E-state index contributed by atoms with van der Waals surface area (Å²) in [7, 11) is 0. The summed E-state index contributed by atoms with van der Waals surface area (Å²) in [4.78, 5) is 19.9. The standard InChI is InChI=1S/C13H15N3O2/c1-4-10-14-5-6-16(10)12-11(13(17)18)8(2)7-9(3)15-12/h5-7H,4H2,1-3H3,(H,17,18). The Kier molecular flexibility index (Phi) is 3.14. The van der Waals surface area contributed by atoms with E-state index in [0.29, 0.717) is 11.4 Å². The lowest BCUT2D eigenvalue weighted by molar-refractivity contribution is 0.0695. The number of nitrogens with zero attached hydrogens (tertiary/aromatic N) is 3. The van der Waals surface area contributed by atoms with Crippen LogP contribution in [0.3, 0.4) is 0 Å². The summed E-state index contributed by atoms with van der Waals surface area (Å²) in [6.07, 6.45) is 4.12. The molecule has 0 aliphatic carbocycles. The molecular formula is C13H15N3O2. The first-order valence-corrected chi connectivity index (χ1v) is 5.78. The summed E-state index contributed by atoms with van der Waals surface area (Å²) < 4.78 is 1.74. The van der Waals surface area contributed by atoms with E-state index in [9.17, 15) is 9.90 Å². The molecule has 0 saturated heterocycles. The monoisotopic (exact) mass is 245 g/mol. The van der Waals surface area contributed by atoms with E-state index in [1.807, 2.05) is 13.8 Å². The van der Waals surface area contributed by atoms with Crippen molar-refractivity contribution in [3.8, 4) is 5.82 Å². The van der Waals surface area contributed by atoms with Crippen LogP contribution in [0.1, 0.15) is 34.4 Å². The Morgan fingerprint density at radius 2 is 2.17 bits per heavy atom. The van der Waals surface area contributed by atoms with Crippen molar-refractivity contribution in [2.24, 2.45) is 0 Å². The van der Waals surface area contributed by atoms with Crippen molar-refractivity contribution < 1.29 is 9.90 Å². The Balaban J connectivity index is 2.73. The van der Waals surface area contributed by atoms with Gasteiger partial charge in [0.05, 0.1) is 0 Å². The molecule has 5 heteroatoms. The Labute approximate surface area is 105 Å². The van der Waals surface area contributed by atoms with Crippen molar-refractivity contribution in [3.05, 3.63) is 41.1 Å². The minimum absolute atomic E-state index is 0.230. The van der Waals surface area contributed by atoms with E-state index in [0.717, 1.165) is 17.9 Å². The molecule has 1 N–H and O–H groups in total. The number of hydrogen-bond donors (Lipinski definition) is 1. The third-order valence-electron chi connectivity index (χ3n) is 2.80. The van der Waals surface area contributed by atoms with Crippen molar-refractivity contribution in [2.45, 2.75) is 27.2 Å². The van der Waals surface area contributed by atoms with Gasteiger partial charge in [-0.15, -0.1) is 0 Å². The zero-order chi connectivity index (χ0) is 13.3. The van der Waals surface area contributed by atoms with Crippen LogP contribution in [0.4, 0.5) is 0 Å². The molecule has 2 aromatic heterocycles. The highest BCUT2D eigenvalue weighted by Crippen LogP contribution is 2.19. The van der Waals surface area contributed by atoms with Gasteiger partial charge in [-0.1, -0.05) is 6.92 Å². The van der Waals surface area contributed by atoms with Crippen molar-refractivity contribution in [1.29, 1.82) is 0 Å². The van der Waals surface area contributed by atoms with Crippen LogP contribution < -0.4 is 0 Å². The number of carboxylic acid groups (broad SMARTS) is 1. The highest BCUT2D eigenvalue weighted by atomic mass is 16.4. The predicted octanol–water partition coefficient (Wildman–Crippen LogP) is 2.14. The SMILES string of the molecule is CCc1nccn1-c1nc(C)cc(C)c1C(=O)O. The van der Waals surface area contributed by atoms with Gasteiger partial charge < -0.3 is 5.11 Å². The number of aryl methyl sites for hydroxylation is 3. The molecule has 0 amide bonds. The van der Waals surface area contributed by atoms with Gasteiger partial charge in [0.15, 0.2) is 5.82 Å². The second kappa shape index (κ2) is 4.60. The third-order valence-corrected chi connectivity index (χ3v) is 2.80. The van der Waals surface area contributed by atoms with E-state index < -0.39 is 5.97 Å². The van der Waals surface area contributed by atoms with E-state index in [4.69, 9.17) is 0 Å². The predicted molar refractivity (Wildman–Crippen MR) is 67.2 cm³/mol. The number of hydrogen-bond acceptors (Lipinski definition) is 3. The quantitative estimate of drug-likeness (QED) is 0.899. The topological polar surface area (TPSA) is 68.0 Å². The summed E-state index contributed by atoms with van der Waals surface area (Å²) in [6, 6.07) is 1.77. The van der Waals surface area contributed by atoms with Gasteiger partial charge in [-0.3, -0.25) is 4.57 Å². The second-order valence-electron chi connectivity index (χ2n) is 4.15. The molecule has 5 nitrogen and oxygen atoms in total. The molecule has 0 spiro atoms. The molecule has 0 aliphatic rings. The van der Waals surface area contributed by atoms with Gasteiger partial charge in [-0.2, -0.15) is 0 Å². The maximum absolute atomic E-state index is 11.4. The second-order valence-corrected chi connectivity index (χ2v) is 4.15. The zero-order valence-electron chi connectivity index (χ0n) is 10.6. The maximum Gasteiger partial charge on any atom is 0.339 e. The minimum atomic E-state index is -0.967. The first kappa shape index (κ1) is 12.3. The van der Waals surface area contributed by atoms with Crippen LogP contribution in [0.15, 0.2) is 18.5 Å². The van der Waals surface area contributed by atoms with Crippen LogP contribution in [0, 0.1) is 13.8 Å². The van der Waals surface area contributed by atoms with Gasteiger partial charge in [0.25, 0.3) is 0 Å². The normalized spacial score (nSPS) is 10.6. The zero-order valence-corrected chi connectivity index (χ0v) is 10.6. The molecule has 2 heterocycles. The summed E-state index contributed by atoms with van der Waals surface area (Å²) in [5, 5.41) is 9.33. The van der Waals surface area contributed by atoms with E-state index >= 15 is 0 Å². The van der Waals surface area contributed by atoms with Gasteiger partial charge in [0.2, 0.25) is 0 Å². The van der Waals surface area contributed by atoms with Gasteiger partial charge in [0, 0.05) is 24.5 Å². The van der Waals surface area contributed by atoms with Gasteiger partial charge in [-0.25, -0.2) is 14.8 Å². The van der Waals surface area contributed by atoms with Gasteiger partial charge >= 0.3 is 5.97 Å². The molecule has 0 bridgehead atoms. The average molecular weight is 245 g/mol. The molecular weight excluding hydrogens is 230 g/mol. The lowest BCUT2D eigenvalue weighted by atomic mass is 10.1. The lowest BCUT2D eigenvalue weighted by Crippen LogP contribution is -2.12. The summed E-state index contributed by atoms with van der Waals surface area (Å²) in [6.45, 7) is 5.61. The summed E-state index contributed by atoms with van der Waals surface area (Å²) >= 11 is 0. The highest BCUT2D eigenvalue weighted by molar-refractivity contribution is 5.92. The van der Waals surface area contributed by atoms with Crippen molar-refractivity contribution in [2.75, 3.05) is 0 Å². The van der Waals surface area contributed by atoms with Gasteiger partial charge in [0.1, 0.15) is 11.4 Å². The van der Waals surface area contributed by atoms with Gasteiger partial charge in [-0.05, 0) is 25.5 Å². The lowest BCUT2D eigenvalue weighted by Gasteiger charge is -2.12. The van der Waals surface area contributed by atoms with Crippen LogP contribution in [-0.2, 0) is 6.42 Å². The van der Waals surface area contributed by atoms with E-state index in [2.05, 4.69) is 9.97 Å². The van der Waals surface area contributed by atoms with E-state index in [-0.39, 0.29) is 5.56 Å². The Morgan fingerprint density at radius 3 is 2.78 bits per heavy atom. The number of aromatic nitrogens is 3. The highest BCUT2D eigenvalue weighted by Gasteiger charge is 2.18. The summed E-state index contributed by atoms with van der Waals surface area (Å²) in [5.74, 6) is 0.273. The molecule has 0 saturated carbocycles. The smallest absolute Gasteiger partial charge is 0.339 e. The third kappa shape index (κ3) is 1.99.